The van der Waals surface area contributed by atoms with E-state index in [1.807, 2.05) is 0 Å². The van der Waals surface area contributed by atoms with Crippen LogP contribution in [-0.4, -0.2) is 24.2 Å². The van der Waals surface area contributed by atoms with Crippen LogP contribution in [0.25, 0.3) is 0 Å². The lowest BCUT2D eigenvalue weighted by Crippen LogP contribution is -2.03. The average molecular weight is 250 g/mol. The second-order valence-electron chi connectivity index (χ2n) is 4.10. The minimum Gasteiger partial charge on any atom is -0.507 e. The lowest BCUT2D eigenvalue weighted by Gasteiger charge is -2.09. The number of carbonyl (C=O) groups excluding carboxylic acids is 2. The number of methoxy groups -OCH3 is 1. The largest absolute Gasteiger partial charge is 0.507 e. The molecule has 0 saturated carbocycles. The molecule has 0 spiro atoms. The minimum atomic E-state index is -0.508. The van der Waals surface area contributed by atoms with E-state index >= 15 is 0 Å². The molecule has 0 unspecified atom stereocenters. The van der Waals surface area contributed by atoms with Gasteiger partial charge in [-0.05, 0) is 18.9 Å². The monoisotopic (exact) mass is 250 g/mol. The maximum Gasteiger partial charge on any atom is 0.342 e. The predicted octanol–water partition coefficient (Wildman–Crippen LogP) is 1.95. The molecule has 2 rings (SSSR count). The molecule has 0 aromatic heterocycles. The zero-order valence-electron chi connectivity index (χ0n) is 10.0. The normalized spacial score (nSPS) is 17.2. The Morgan fingerprint density at radius 3 is 3.00 bits per heavy atom. The number of benzene rings is 1. The summed E-state index contributed by atoms with van der Waals surface area (Å²) >= 11 is 0. The molecule has 1 aromatic rings. The van der Waals surface area contributed by atoms with Gasteiger partial charge in [-0.15, -0.1) is 0 Å². The molecule has 0 fully saturated rings. The van der Waals surface area contributed by atoms with Crippen LogP contribution in [0, 0.1) is 0 Å². The van der Waals surface area contributed by atoms with Crippen molar-refractivity contribution in [2.24, 2.45) is 0 Å². The summed E-state index contributed by atoms with van der Waals surface area (Å²) in [5.41, 5.74) is 0.922. The molecule has 1 atom stereocenters. The van der Waals surface area contributed by atoms with Gasteiger partial charge in [0.25, 0.3) is 0 Å². The quantitative estimate of drug-likeness (QED) is 0.827. The van der Waals surface area contributed by atoms with Crippen molar-refractivity contribution in [2.45, 2.75) is 25.4 Å². The van der Waals surface area contributed by atoms with Crippen molar-refractivity contribution in [3.8, 4) is 5.75 Å². The van der Waals surface area contributed by atoms with Crippen LogP contribution < -0.4 is 0 Å². The molecule has 96 valence electrons. The molecule has 1 aliphatic heterocycles. The van der Waals surface area contributed by atoms with Crippen LogP contribution in [0.3, 0.4) is 0 Å². The summed E-state index contributed by atoms with van der Waals surface area (Å²) in [5, 5.41) is 9.60. The number of phenols is 1. The molecule has 0 bridgehead atoms. The Balaban J connectivity index is 2.04. The lowest BCUT2D eigenvalue weighted by atomic mass is 10.0. The van der Waals surface area contributed by atoms with Crippen LogP contribution >= 0.6 is 0 Å². The van der Waals surface area contributed by atoms with Gasteiger partial charge in [-0.1, -0.05) is 12.1 Å². The maximum absolute atomic E-state index is 11.6. The second kappa shape index (κ2) is 5.08. The Morgan fingerprint density at radius 1 is 1.50 bits per heavy atom. The van der Waals surface area contributed by atoms with Crippen molar-refractivity contribution in [1.82, 2.24) is 0 Å². The number of phenolic OH excluding ortho intramolecular Hbond substituents is 1. The molecule has 1 aromatic carbocycles. The highest BCUT2D eigenvalue weighted by atomic mass is 16.5. The molecular formula is C13H14O5. The third kappa shape index (κ3) is 2.30. The Morgan fingerprint density at radius 2 is 2.28 bits per heavy atom. The van der Waals surface area contributed by atoms with Crippen molar-refractivity contribution < 1.29 is 24.2 Å². The zero-order valence-corrected chi connectivity index (χ0v) is 10.0. The Labute approximate surface area is 104 Å². The number of aromatic hydroxyl groups is 1. The molecule has 18 heavy (non-hydrogen) atoms. The number of ether oxygens (including phenoxy) is 2. The van der Waals surface area contributed by atoms with E-state index in [4.69, 9.17) is 4.74 Å². The van der Waals surface area contributed by atoms with Crippen molar-refractivity contribution in [3.63, 3.8) is 0 Å². The van der Waals surface area contributed by atoms with Gasteiger partial charge >= 0.3 is 11.9 Å². The number of fused-ring (bicyclic) bond motifs is 1. The van der Waals surface area contributed by atoms with E-state index < -0.39 is 5.97 Å². The van der Waals surface area contributed by atoms with E-state index in [-0.39, 0.29) is 23.4 Å². The summed E-state index contributed by atoms with van der Waals surface area (Å²) in [6, 6.07) is 4.88. The molecule has 1 heterocycles. The molecule has 5 heteroatoms. The number of hydrogen-bond acceptors (Lipinski definition) is 5. The van der Waals surface area contributed by atoms with Crippen LogP contribution in [0.4, 0.5) is 0 Å². The number of esters is 2. The first kappa shape index (κ1) is 12.4. The van der Waals surface area contributed by atoms with E-state index in [2.05, 4.69) is 4.74 Å². The summed E-state index contributed by atoms with van der Waals surface area (Å²) in [7, 11) is 1.34. The summed E-state index contributed by atoms with van der Waals surface area (Å²) < 4.78 is 9.71. The van der Waals surface area contributed by atoms with Crippen molar-refractivity contribution in [1.29, 1.82) is 0 Å². The van der Waals surface area contributed by atoms with Crippen LogP contribution in [0.2, 0.25) is 0 Å². The topological polar surface area (TPSA) is 72.8 Å². The number of rotatable bonds is 4. The number of hydrogen-bond donors (Lipinski definition) is 1. The molecule has 0 radical (unpaired) electrons. The van der Waals surface area contributed by atoms with Gasteiger partial charge in [0.1, 0.15) is 17.4 Å². The van der Waals surface area contributed by atoms with E-state index in [0.717, 1.165) is 0 Å². The molecule has 0 amide bonds. The lowest BCUT2D eigenvalue weighted by molar-refractivity contribution is -0.140. The predicted molar refractivity (Wildman–Crippen MR) is 62.1 cm³/mol. The molecule has 0 aliphatic carbocycles. The first-order chi connectivity index (χ1) is 8.63. The number of carbonyl (C=O) groups is 2. The van der Waals surface area contributed by atoms with Gasteiger partial charge in [-0.25, -0.2) is 4.79 Å². The van der Waals surface area contributed by atoms with Crippen LogP contribution in [0.5, 0.6) is 5.75 Å². The van der Waals surface area contributed by atoms with E-state index in [1.165, 1.54) is 13.2 Å². The van der Waals surface area contributed by atoms with Gasteiger partial charge in [-0.3, -0.25) is 4.79 Å². The number of cyclic esters (lactones) is 1. The van der Waals surface area contributed by atoms with Gasteiger partial charge in [-0.2, -0.15) is 0 Å². The van der Waals surface area contributed by atoms with E-state index in [0.29, 0.717) is 24.8 Å². The van der Waals surface area contributed by atoms with Crippen LogP contribution in [0.15, 0.2) is 18.2 Å². The van der Waals surface area contributed by atoms with Gasteiger partial charge < -0.3 is 14.6 Å². The fourth-order valence-electron chi connectivity index (χ4n) is 2.05. The van der Waals surface area contributed by atoms with Crippen molar-refractivity contribution in [2.75, 3.05) is 7.11 Å². The Bertz CT molecular complexity index is 480. The standard InChI is InChI=1S/C13H14O5/c1-17-11(15)7-3-6-10-8-4-2-5-9(14)12(8)13(16)18-10/h2,4-5,10,14H,3,6-7H2,1H3/t10-/m0/s1. The molecule has 1 N–H and O–H groups in total. The summed E-state index contributed by atoms with van der Waals surface area (Å²) in [6.07, 6.45) is 1.01. The van der Waals surface area contributed by atoms with Gasteiger partial charge in [0.15, 0.2) is 0 Å². The third-order valence-electron chi connectivity index (χ3n) is 2.95. The first-order valence-corrected chi connectivity index (χ1v) is 5.73. The zero-order chi connectivity index (χ0) is 13.1. The maximum atomic E-state index is 11.6. The van der Waals surface area contributed by atoms with Gasteiger partial charge in [0.05, 0.1) is 7.11 Å². The summed E-state index contributed by atoms with van der Waals surface area (Å²) in [4.78, 5) is 22.6. The Kier molecular flexibility index (Phi) is 3.50. The van der Waals surface area contributed by atoms with E-state index in [9.17, 15) is 14.7 Å². The smallest absolute Gasteiger partial charge is 0.342 e. The second-order valence-corrected chi connectivity index (χ2v) is 4.10. The Hall–Kier alpha value is -2.04. The molecule has 0 saturated heterocycles. The highest BCUT2D eigenvalue weighted by Gasteiger charge is 2.32. The average Bonchev–Trinajstić information content (AvgIpc) is 2.67. The highest BCUT2D eigenvalue weighted by molar-refractivity contribution is 5.96. The van der Waals surface area contributed by atoms with Crippen LogP contribution in [-0.2, 0) is 14.3 Å². The summed E-state index contributed by atoms with van der Waals surface area (Å²) in [6.45, 7) is 0. The third-order valence-corrected chi connectivity index (χ3v) is 2.95. The fraction of sp³-hybridized carbons (Fsp3) is 0.385. The SMILES string of the molecule is COC(=O)CCC[C@@H]1OC(=O)c2c(O)cccc21. The van der Waals surface area contributed by atoms with Gasteiger partial charge in [0.2, 0.25) is 0 Å². The fourth-order valence-corrected chi connectivity index (χ4v) is 2.05. The minimum absolute atomic E-state index is 0.0621. The van der Waals surface area contributed by atoms with Crippen LogP contribution in [0.1, 0.15) is 41.3 Å². The van der Waals surface area contributed by atoms with Crippen molar-refractivity contribution >= 4 is 11.9 Å². The molecular weight excluding hydrogens is 236 g/mol. The summed E-state index contributed by atoms with van der Waals surface area (Å²) in [5.74, 6) is -0.852. The van der Waals surface area contributed by atoms with E-state index in [1.54, 1.807) is 12.1 Å². The van der Waals surface area contributed by atoms with Crippen molar-refractivity contribution in [3.05, 3.63) is 29.3 Å². The molecule has 1 aliphatic rings. The molecule has 5 nitrogen and oxygen atoms in total. The first-order valence-electron chi connectivity index (χ1n) is 5.73. The van der Waals surface area contributed by atoms with Gasteiger partial charge in [0, 0.05) is 12.0 Å². The highest BCUT2D eigenvalue weighted by Crippen LogP contribution is 2.38.